The molecule has 3 rings (SSSR count). The Kier molecular flexibility index (Phi) is 5.63. The Hall–Kier alpha value is -2.24. The molecular weight excluding hydrogens is 350 g/mol. The number of alkyl halides is 2. The number of aliphatic carboxylic acids is 1. The molecule has 146 valence electrons. The summed E-state index contributed by atoms with van der Waals surface area (Å²) in [6.07, 6.45) is 4.75. The van der Waals surface area contributed by atoms with Gasteiger partial charge in [-0.2, -0.15) is 5.10 Å². The van der Waals surface area contributed by atoms with Crippen LogP contribution in [0.1, 0.15) is 75.6 Å². The fourth-order valence-electron chi connectivity index (χ4n) is 4.00. The average molecular weight is 376 g/mol. The summed E-state index contributed by atoms with van der Waals surface area (Å²) >= 11 is 0. The fraction of sp³-hybridized carbons (Fsp3) is 0.524. The summed E-state index contributed by atoms with van der Waals surface area (Å²) in [6.45, 7) is 2.83. The largest absolute Gasteiger partial charge is 0.481 e. The highest BCUT2D eigenvalue weighted by atomic mass is 19.3. The van der Waals surface area contributed by atoms with Gasteiger partial charge in [0, 0.05) is 24.0 Å². The molecule has 0 aliphatic heterocycles. The number of benzene rings is 1. The van der Waals surface area contributed by atoms with E-state index < -0.39 is 11.9 Å². The van der Waals surface area contributed by atoms with E-state index in [0.717, 1.165) is 32.6 Å². The zero-order valence-corrected chi connectivity index (χ0v) is 15.8. The van der Waals surface area contributed by atoms with Crippen LogP contribution in [0.2, 0.25) is 0 Å². The molecule has 6 heteroatoms. The van der Waals surface area contributed by atoms with Gasteiger partial charge in [0.15, 0.2) is 0 Å². The molecule has 27 heavy (non-hydrogen) atoms. The van der Waals surface area contributed by atoms with Crippen molar-refractivity contribution >= 4 is 5.97 Å². The maximum Gasteiger partial charge on any atom is 0.304 e. The molecule has 0 saturated heterocycles. The van der Waals surface area contributed by atoms with Gasteiger partial charge in [0.2, 0.25) is 0 Å². The van der Waals surface area contributed by atoms with Gasteiger partial charge in [-0.05, 0) is 25.3 Å². The summed E-state index contributed by atoms with van der Waals surface area (Å²) in [5, 5.41) is 13.9. The number of carboxylic acids is 1. The molecule has 1 heterocycles. The summed E-state index contributed by atoms with van der Waals surface area (Å²) in [7, 11) is 0. The Bertz CT molecular complexity index is 805. The normalized spacial score (nSPS) is 16.6. The predicted molar refractivity (Wildman–Crippen MR) is 100 cm³/mol. The molecule has 1 fully saturated rings. The highest BCUT2D eigenvalue weighted by molar-refractivity contribution is 5.69. The van der Waals surface area contributed by atoms with Crippen LogP contribution in [-0.4, -0.2) is 20.9 Å². The number of carboxylic acid groups (broad SMARTS) is 1. The first-order valence-corrected chi connectivity index (χ1v) is 9.60. The Morgan fingerprint density at radius 1 is 1.33 bits per heavy atom. The number of halogens is 2. The molecule has 1 aliphatic rings. The van der Waals surface area contributed by atoms with E-state index in [9.17, 15) is 18.7 Å². The highest BCUT2D eigenvalue weighted by Gasteiger charge is 2.31. The van der Waals surface area contributed by atoms with Crippen molar-refractivity contribution in [3.05, 3.63) is 41.6 Å². The van der Waals surface area contributed by atoms with Crippen molar-refractivity contribution < 1.29 is 18.7 Å². The van der Waals surface area contributed by atoms with Crippen molar-refractivity contribution in [1.82, 2.24) is 9.78 Å². The van der Waals surface area contributed by atoms with Crippen LogP contribution in [0.15, 0.2) is 30.3 Å². The van der Waals surface area contributed by atoms with Crippen molar-refractivity contribution in [2.75, 3.05) is 0 Å². The van der Waals surface area contributed by atoms with Gasteiger partial charge < -0.3 is 5.11 Å². The van der Waals surface area contributed by atoms with Crippen LogP contribution in [0.25, 0.3) is 11.3 Å². The monoisotopic (exact) mass is 376 g/mol. The van der Waals surface area contributed by atoms with E-state index in [1.54, 1.807) is 18.2 Å². The molecule has 1 aromatic carbocycles. The molecule has 4 nitrogen and oxygen atoms in total. The molecule has 1 atom stereocenters. The van der Waals surface area contributed by atoms with E-state index in [-0.39, 0.29) is 23.9 Å². The lowest BCUT2D eigenvalue weighted by Gasteiger charge is -2.19. The molecule has 1 aromatic heterocycles. The zero-order valence-electron chi connectivity index (χ0n) is 15.8. The van der Waals surface area contributed by atoms with Gasteiger partial charge in [-0.1, -0.05) is 44.0 Å². The first kappa shape index (κ1) is 19.5. The Morgan fingerprint density at radius 2 is 2.00 bits per heavy atom. The second-order valence-electron chi connectivity index (χ2n) is 7.47. The van der Waals surface area contributed by atoms with E-state index in [2.05, 4.69) is 0 Å². The van der Waals surface area contributed by atoms with E-state index in [0.29, 0.717) is 23.4 Å². The minimum absolute atomic E-state index is 0.0107. The first-order valence-electron chi connectivity index (χ1n) is 9.60. The molecule has 0 unspecified atom stereocenters. The first-order chi connectivity index (χ1) is 12.8. The standard InChI is InChI=1S/C21H26F2N2O2/c1-3-14(12-20(26)27)18-13-19(25(24-18)15-8-4-5-9-15)16-10-6-7-11-17(16)21(2,22)23/h6-7,10-11,13-15H,3-5,8-9,12H2,1-2H3,(H,26,27)/t14-/m0/s1. The van der Waals surface area contributed by atoms with Crippen molar-refractivity contribution in [1.29, 1.82) is 0 Å². The minimum atomic E-state index is -2.97. The topological polar surface area (TPSA) is 55.1 Å². The third-order valence-corrected chi connectivity index (χ3v) is 5.43. The van der Waals surface area contributed by atoms with Gasteiger partial charge in [0.25, 0.3) is 5.92 Å². The molecule has 1 saturated carbocycles. The third-order valence-electron chi connectivity index (χ3n) is 5.43. The van der Waals surface area contributed by atoms with Gasteiger partial charge in [-0.3, -0.25) is 9.48 Å². The lowest BCUT2D eigenvalue weighted by atomic mass is 9.96. The number of carbonyl (C=O) groups is 1. The van der Waals surface area contributed by atoms with E-state index >= 15 is 0 Å². The SMILES string of the molecule is CC[C@@H](CC(=O)O)c1cc(-c2ccccc2C(C)(F)F)n(C2CCCC2)n1. The van der Waals surface area contributed by atoms with E-state index in [4.69, 9.17) is 5.10 Å². The zero-order chi connectivity index (χ0) is 19.6. The van der Waals surface area contributed by atoms with Gasteiger partial charge in [-0.15, -0.1) is 0 Å². The molecule has 0 spiro atoms. The van der Waals surface area contributed by atoms with E-state index in [1.807, 2.05) is 17.7 Å². The van der Waals surface area contributed by atoms with Crippen LogP contribution < -0.4 is 0 Å². The number of nitrogens with zero attached hydrogens (tertiary/aromatic N) is 2. The number of hydrogen-bond acceptors (Lipinski definition) is 2. The van der Waals surface area contributed by atoms with Gasteiger partial charge in [-0.25, -0.2) is 8.78 Å². The summed E-state index contributed by atoms with van der Waals surface area (Å²) in [6, 6.07) is 8.53. The summed E-state index contributed by atoms with van der Waals surface area (Å²) < 4.78 is 30.3. The van der Waals surface area contributed by atoms with Crippen LogP contribution >= 0.6 is 0 Å². The quantitative estimate of drug-likeness (QED) is 0.670. The fourth-order valence-corrected chi connectivity index (χ4v) is 4.00. The summed E-state index contributed by atoms with van der Waals surface area (Å²) in [5.74, 6) is -4.07. The minimum Gasteiger partial charge on any atom is -0.481 e. The highest BCUT2D eigenvalue weighted by Crippen LogP contribution is 2.40. The van der Waals surface area contributed by atoms with Crippen molar-refractivity contribution in [3.63, 3.8) is 0 Å². The lowest BCUT2D eigenvalue weighted by molar-refractivity contribution is -0.137. The van der Waals surface area contributed by atoms with Crippen LogP contribution in [0.4, 0.5) is 8.78 Å². The molecule has 1 N–H and O–H groups in total. The second-order valence-corrected chi connectivity index (χ2v) is 7.47. The maximum absolute atomic E-state index is 14.2. The van der Waals surface area contributed by atoms with Crippen LogP contribution in [0.3, 0.4) is 0 Å². The second kappa shape index (κ2) is 7.79. The molecule has 0 radical (unpaired) electrons. The smallest absolute Gasteiger partial charge is 0.304 e. The molecule has 0 amide bonds. The number of rotatable bonds is 7. The third kappa shape index (κ3) is 4.20. The molecule has 2 aromatic rings. The Morgan fingerprint density at radius 3 is 2.59 bits per heavy atom. The van der Waals surface area contributed by atoms with E-state index in [1.165, 1.54) is 6.07 Å². The maximum atomic E-state index is 14.2. The van der Waals surface area contributed by atoms with Gasteiger partial charge in [0.05, 0.1) is 23.9 Å². The predicted octanol–water partition coefficient (Wildman–Crippen LogP) is 5.75. The number of aromatic nitrogens is 2. The molecule has 0 bridgehead atoms. The Labute approximate surface area is 158 Å². The van der Waals surface area contributed by atoms with Crippen molar-refractivity contribution in [3.8, 4) is 11.3 Å². The van der Waals surface area contributed by atoms with Crippen LogP contribution in [0.5, 0.6) is 0 Å². The lowest BCUT2D eigenvalue weighted by Crippen LogP contribution is -2.13. The average Bonchev–Trinajstić information content (AvgIpc) is 3.28. The van der Waals surface area contributed by atoms with Gasteiger partial charge in [0.1, 0.15) is 0 Å². The summed E-state index contributed by atoms with van der Waals surface area (Å²) in [5.41, 5.74) is 1.79. The van der Waals surface area contributed by atoms with Gasteiger partial charge >= 0.3 is 5.97 Å². The Balaban J connectivity index is 2.13. The molecule has 1 aliphatic carbocycles. The van der Waals surface area contributed by atoms with Crippen molar-refractivity contribution in [2.24, 2.45) is 0 Å². The number of hydrogen-bond donors (Lipinski definition) is 1. The summed E-state index contributed by atoms with van der Waals surface area (Å²) in [4.78, 5) is 11.2. The van der Waals surface area contributed by atoms with Crippen molar-refractivity contribution in [2.45, 2.75) is 70.3 Å². The van der Waals surface area contributed by atoms with Crippen LogP contribution in [0, 0.1) is 0 Å². The van der Waals surface area contributed by atoms with Crippen LogP contribution in [-0.2, 0) is 10.7 Å². The molecular formula is C21H26F2N2O2.